The van der Waals surface area contributed by atoms with Crippen molar-refractivity contribution in [3.63, 3.8) is 0 Å². The van der Waals surface area contributed by atoms with Crippen molar-refractivity contribution in [3.05, 3.63) is 23.3 Å². The highest BCUT2D eigenvalue weighted by Crippen LogP contribution is 2.24. The van der Waals surface area contributed by atoms with Gasteiger partial charge < -0.3 is 18.6 Å². The Morgan fingerprint density at radius 1 is 0.750 bits per heavy atom. The minimum atomic E-state index is -0.280. The van der Waals surface area contributed by atoms with Crippen molar-refractivity contribution in [2.45, 2.75) is 91.3 Å². The first-order valence-corrected chi connectivity index (χ1v) is 11.0. The maximum Gasteiger partial charge on any atom is 0.494 e. The van der Waals surface area contributed by atoms with Gasteiger partial charge in [0.2, 0.25) is 0 Å². The predicted molar refractivity (Wildman–Crippen MR) is 117 cm³/mol. The molecule has 3 rings (SSSR count). The monoisotopic (exact) mass is 386 g/mol. The summed E-state index contributed by atoms with van der Waals surface area (Å²) in [7, 11) is -0.559. The Balaban J connectivity index is 1.98. The quantitative estimate of drug-likeness (QED) is 0.642. The molecule has 0 aromatic heterocycles. The van der Waals surface area contributed by atoms with Crippen LogP contribution in [0.5, 0.6) is 0 Å². The van der Waals surface area contributed by atoms with Crippen LogP contribution in [0.25, 0.3) is 0 Å². The summed E-state index contributed by atoms with van der Waals surface area (Å²) >= 11 is 0. The lowest BCUT2D eigenvalue weighted by Gasteiger charge is -2.21. The minimum Gasteiger partial charge on any atom is -0.404 e. The SMILES string of the molecule is CCCCc1cc(B2OCC(C)(C)O2)c(CCCC)cc1B1OCC(C)(C)O1. The van der Waals surface area contributed by atoms with Crippen molar-refractivity contribution in [2.24, 2.45) is 0 Å². The average molecular weight is 386 g/mol. The van der Waals surface area contributed by atoms with Crippen LogP contribution in [0.3, 0.4) is 0 Å². The largest absolute Gasteiger partial charge is 0.494 e. The van der Waals surface area contributed by atoms with Crippen molar-refractivity contribution < 1.29 is 18.6 Å². The van der Waals surface area contributed by atoms with Gasteiger partial charge in [0, 0.05) is 0 Å². The van der Waals surface area contributed by atoms with Gasteiger partial charge >= 0.3 is 14.2 Å². The van der Waals surface area contributed by atoms with Crippen molar-refractivity contribution in [1.29, 1.82) is 0 Å². The van der Waals surface area contributed by atoms with Crippen LogP contribution in [0.4, 0.5) is 0 Å². The third kappa shape index (κ3) is 5.21. The molecule has 4 nitrogen and oxygen atoms in total. The first-order chi connectivity index (χ1) is 13.2. The Hall–Kier alpha value is -0.810. The molecule has 1 aromatic rings. The zero-order valence-electron chi connectivity index (χ0n) is 18.6. The Morgan fingerprint density at radius 3 is 1.43 bits per heavy atom. The Labute approximate surface area is 171 Å². The van der Waals surface area contributed by atoms with Gasteiger partial charge in [0.1, 0.15) is 0 Å². The maximum atomic E-state index is 6.23. The van der Waals surface area contributed by atoms with E-state index in [9.17, 15) is 0 Å². The van der Waals surface area contributed by atoms with Crippen LogP contribution >= 0.6 is 0 Å². The molecular formula is C22H36B2O4. The highest BCUT2D eigenvalue weighted by Gasteiger charge is 2.42. The van der Waals surface area contributed by atoms with E-state index in [2.05, 4.69) is 53.7 Å². The van der Waals surface area contributed by atoms with Crippen molar-refractivity contribution >= 4 is 25.2 Å². The van der Waals surface area contributed by atoms with E-state index in [-0.39, 0.29) is 25.4 Å². The van der Waals surface area contributed by atoms with Gasteiger partial charge in [0.05, 0.1) is 24.4 Å². The van der Waals surface area contributed by atoms with Crippen LogP contribution < -0.4 is 10.9 Å². The summed E-state index contributed by atoms with van der Waals surface area (Å²) in [5, 5.41) is 0. The average Bonchev–Trinajstić information content (AvgIpc) is 3.19. The molecule has 6 heteroatoms. The van der Waals surface area contributed by atoms with Crippen LogP contribution in [0.1, 0.15) is 78.4 Å². The van der Waals surface area contributed by atoms with Gasteiger partial charge in [-0.25, -0.2) is 0 Å². The van der Waals surface area contributed by atoms with Crippen molar-refractivity contribution in [1.82, 2.24) is 0 Å². The number of rotatable bonds is 8. The zero-order chi connectivity index (χ0) is 20.4. The lowest BCUT2D eigenvalue weighted by molar-refractivity contribution is 0.136. The Morgan fingerprint density at radius 2 is 1.14 bits per heavy atom. The molecule has 2 aliphatic heterocycles. The smallest absolute Gasteiger partial charge is 0.404 e. The summed E-state index contributed by atoms with van der Waals surface area (Å²) in [6.45, 7) is 14.1. The van der Waals surface area contributed by atoms with E-state index in [0.717, 1.165) is 38.5 Å². The summed E-state index contributed by atoms with van der Waals surface area (Å²) in [6.07, 6.45) is 6.66. The highest BCUT2D eigenvalue weighted by molar-refractivity contribution is 6.65. The number of hydrogen-bond acceptors (Lipinski definition) is 4. The Kier molecular flexibility index (Phi) is 6.96. The van der Waals surface area contributed by atoms with Crippen LogP contribution in [0.2, 0.25) is 0 Å². The molecule has 0 unspecified atom stereocenters. The normalized spacial score (nSPS) is 20.9. The molecule has 2 aliphatic rings. The fourth-order valence-electron chi connectivity index (χ4n) is 3.91. The molecule has 0 bridgehead atoms. The number of hydrogen-bond donors (Lipinski definition) is 0. The highest BCUT2D eigenvalue weighted by atomic mass is 16.7. The van der Waals surface area contributed by atoms with Crippen molar-refractivity contribution in [2.75, 3.05) is 13.2 Å². The van der Waals surface area contributed by atoms with Crippen LogP contribution in [0.15, 0.2) is 12.1 Å². The van der Waals surface area contributed by atoms with Gasteiger partial charge in [-0.05, 0) is 75.4 Å². The third-order valence-corrected chi connectivity index (χ3v) is 5.53. The predicted octanol–water partition coefficient (Wildman–Crippen LogP) is 3.41. The van der Waals surface area contributed by atoms with E-state index in [1.165, 1.54) is 22.1 Å². The van der Waals surface area contributed by atoms with Gasteiger partial charge in [0.15, 0.2) is 0 Å². The van der Waals surface area contributed by atoms with Gasteiger partial charge in [-0.1, -0.05) is 38.8 Å². The summed E-state index contributed by atoms with van der Waals surface area (Å²) in [5.74, 6) is 0. The van der Waals surface area contributed by atoms with Gasteiger partial charge in [-0.15, -0.1) is 0 Å². The fraction of sp³-hybridized carbons (Fsp3) is 0.727. The molecule has 2 saturated heterocycles. The second-order valence-electron chi connectivity index (χ2n) is 9.50. The molecule has 1 aromatic carbocycles. The van der Waals surface area contributed by atoms with E-state index in [1.807, 2.05) is 0 Å². The lowest BCUT2D eigenvalue weighted by Crippen LogP contribution is -2.43. The van der Waals surface area contributed by atoms with E-state index in [4.69, 9.17) is 18.6 Å². The topological polar surface area (TPSA) is 36.9 Å². The first kappa shape index (κ1) is 21.9. The number of unbranched alkanes of at least 4 members (excludes halogenated alkanes) is 2. The molecule has 154 valence electrons. The van der Waals surface area contributed by atoms with E-state index in [0.29, 0.717) is 13.2 Å². The van der Waals surface area contributed by atoms with E-state index >= 15 is 0 Å². The van der Waals surface area contributed by atoms with Gasteiger partial charge in [0.25, 0.3) is 0 Å². The lowest BCUT2D eigenvalue weighted by atomic mass is 9.67. The fourth-order valence-corrected chi connectivity index (χ4v) is 3.91. The summed E-state index contributed by atoms with van der Waals surface area (Å²) in [4.78, 5) is 0. The van der Waals surface area contributed by atoms with E-state index in [1.54, 1.807) is 0 Å². The number of aryl methyl sites for hydroxylation is 2. The molecule has 0 amide bonds. The number of benzene rings is 1. The van der Waals surface area contributed by atoms with Crippen LogP contribution in [-0.4, -0.2) is 38.7 Å². The minimum absolute atomic E-state index is 0.239. The summed E-state index contributed by atoms with van der Waals surface area (Å²) in [6, 6.07) is 4.61. The molecule has 0 saturated carbocycles. The molecule has 2 fully saturated rings. The summed E-state index contributed by atoms with van der Waals surface area (Å²) < 4.78 is 24.6. The maximum absolute atomic E-state index is 6.23. The van der Waals surface area contributed by atoms with Gasteiger partial charge in [-0.2, -0.15) is 0 Å². The molecule has 28 heavy (non-hydrogen) atoms. The molecule has 2 heterocycles. The molecule has 0 N–H and O–H groups in total. The zero-order valence-corrected chi connectivity index (χ0v) is 18.6. The molecule has 0 aliphatic carbocycles. The second kappa shape index (κ2) is 8.91. The molecule has 0 atom stereocenters. The molecule has 0 spiro atoms. The standard InChI is InChI=1S/C22H36B2O4/c1-7-9-11-17-13-20(24-26-16-22(5,6)28-24)18(12-10-8-2)14-19(17)23-25-15-21(3,4)27-23/h13-14H,7-12,15-16H2,1-6H3. The van der Waals surface area contributed by atoms with Gasteiger partial charge in [-0.3, -0.25) is 0 Å². The van der Waals surface area contributed by atoms with Crippen molar-refractivity contribution in [3.8, 4) is 0 Å². The summed E-state index contributed by atoms with van der Waals surface area (Å²) in [5.41, 5.74) is 4.50. The van der Waals surface area contributed by atoms with Crippen LogP contribution in [0, 0.1) is 0 Å². The third-order valence-electron chi connectivity index (χ3n) is 5.53. The molecule has 0 radical (unpaired) electrons. The Bertz CT molecular complexity index is 617. The first-order valence-electron chi connectivity index (χ1n) is 11.0. The van der Waals surface area contributed by atoms with E-state index < -0.39 is 0 Å². The molecular weight excluding hydrogens is 350 g/mol. The second-order valence-corrected chi connectivity index (χ2v) is 9.50. The van der Waals surface area contributed by atoms with Crippen LogP contribution in [-0.2, 0) is 31.5 Å².